The van der Waals surface area contributed by atoms with Crippen molar-refractivity contribution in [2.75, 3.05) is 13.1 Å². The second kappa shape index (κ2) is 6.62. The van der Waals surface area contributed by atoms with Gasteiger partial charge in [-0.1, -0.05) is 37.3 Å². The van der Waals surface area contributed by atoms with Crippen molar-refractivity contribution in [2.45, 2.75) is 19.4 Å². The van der Waals surface area contributed by atoms with Crippen LogP contribution in [-0.2, 0) is 4.79 Å². The average molecular weight is 255 g/mol. The first-order valence-electron chi connectivity index (χ1n) is 5.87. The van der Waals surface area contributed by atoms with Crippen LogP contribution in [0.15, 0.2) is 30.3 Å². The minimum atomic E-state index is 0. The highest BCUT2D eigenvalue weighted by Gasteiger charge is 2.26. The molecule has 0 spiro atoms. The molecule has 2 N–H and O–H groups in total. The lowest BCUT2D eigenvalue weighted by molar-refractivity contribution is -0.127. The summed E-state index contributed by atoms with van der Waals surface area (Å²) in [5, 5.41) is 6.22. The Hall–Kier alpha value is -1.06. The van der Waals surface area contributed by atoms with Crippen LogP contribution in [0, 0.1) is 5.92 Å². The van der Waals surface area contributed by atoms with Crippen LogP contribution < -0.4 is 10.6 Å². The zero-order valence-corrected chi connectivity index (χ0v) is 10.8. The highest BCUT2D eigenvalue weighted by molar-refractivity contribution is 5.85. The summed E-state index contributed by atoms with van der Waals surface area (Å²) < 4.78 is 0. The monoisotopic (exact) mass is 254 g/mol. The molecule has 1 fully saturated rings. The minimum Gasteiger partial charge on any atom is -0.349 e. The SMILES string of the molecule is CCC(NC(=O)C1CNC1)c1ccccc1.Cl. The molecule has 94 valence electrons. The number of carbonyl (C=O) groups is 1. The predicted octanol–water partition coefficient (Wildman–Crippen LogP) is 1.90. The molecule has 1 aromatic rings. The fourth-order valence-electron chi connectivity index (χ4n) is 1.87. The Balaban J connectivity index is 0.00000144. The van der Waals surface area contributed by atoms with Gasteiger partial charge in [-0.25, -0.2) is 0 Å². The standard InChI is InChI=1S/C13H18N2O.ClH/c1-2-12(10-6-4-3-5-7-10)15-13(16)11-8-14-9-11;/h3-7,11-12,14H,2,8-9H2,1H3,(H,15,16);1H. The van der Waals surface area contributed by atoms with Crippen molar-refractivity contribution >= 4 is 18.3 Å². The highest BCUT2D eigenvalue weighted by atomic mass is 35.5. The molecule has 3 nitrogen and oxygen atoms in total. The summed E-state index contributed by atoms with van der Waals surface area (Å²) in [6.07, 6.45) is 0.926. The molecule has 0 aliphatic carbocycles. The molecular formula is C13H19ClN2O. The van der Waals surface area contributed by atoms with Gasteiger partial charge < -0.3 is 10.6 Å². The lowest BCUT2D eigenvalue weighted by Crippen LogP contribution is -2.51. The molecule has 1 heterocycles. The van der Waals surface area contributed by atoms with E-state index in [-0.39, 0.29) is 30.3 Å². The number of benzene rings is 1. The zero-order chi connectivity index (χ0) is 11.4. The molecule has 17 heavy (non-hydrogen) atoms. The summed E-state index contributed by atoms with van der Waals surface area (Å²) >= 11 is 0. The second-order valence-corrected chi connectivity index (χ2v) is 4.24. The molecular weight excluding hydrogens is 236 g/mol. The van der Waals surface area contributed by atoms with Crippen LogP contribution in [0.5, 0.6) is 0 Å². The number of halogens is 1. The van der Waals surface area contributed by atoms with E-state index in [0.717, 1.165) is 19.5 Å². The Morgan fingerprint density at radius 2 is 2.06 bits per heavy atom. The quantitative estimate of drug-likeness (QED) is 0.862. The van der Waals surface area contributed by atoms with E-state index in [0.29, 0.717) is 0 Å². The summed E-state index contributed by atoms with van der Waals surface area (Å²) in [5.41, 5.74) is 1.19. The maximum Gasteiger partial charge on any atom is 0.226 e. The smallest absolute Gasteiger partial charge is 0.226 e. The van der Waals surface area contributed by atoms with Gasteiger partial charge in [-0.05, 0) is 12.0 Å². The molecule has 1 aliphatic rings. The van der Waals surface area contributed by atoms with Crippen LogP contribution in [0.1, 0.15) is 24.9 Å². The number of nitrogens with one attached hydrogen (secondary N) is 2. The van der Waals surface area contributed by atoms with Gasteiger partial charge in [0.25, 0.3) is 0 Å². The first-order valence-corrected chi connectivity index (χ1v) is 5.87. The van der Waals surface area contributed by atoms with Crippen LogP contribution in [0.25, 0.3) is 0 Å². The van der Waals surface area contributed by atoms with Crippen LogP contribution in [0.2, 0.25) is 0 Å². The van der Waals surface area contributed by atoms with Crippen molar-refractivity contribution in [3.8, 4) is 0 Å². The van der Waals surface area contributed by atoms with Crippen LogP contribution >= 0.6 is 12.4 Å². The number of rotatable bonds is 4. The summed E-state index contributed by atoms with van der Waals surface area (Å²) in [6.45, 7) is 3.73. The number of hydrogen-bond acceptors (Lipinski definition) is 2. The minimum absolute atomic E-state index is 0. The maximum absolute atomic E-state index is 11.8. The first-order chi connectivity index (χ1) is 7.81. The van der Waals surface area contributed by atoms with Crippen molar-refractivity contribution in [3.05, 3.63) is 35.9 Å². The third-order valence-electron chi connectivity index (χ3n) is 3.08. The molecule has 4 heteroatoms. The van der Waals surface area contributed by atoms with E-state index < -0.39 is 0 Å². The third kappa shape index (κ3) is 3.45. The Bertz CT molecular complexity index is 352. The van der Waals surface area contributed by atoms with E-state index in [4.69, 9.17) is 0 Å². The van der Waals surface area contributed by atoms with Gasteiger partial charge in [0.1, 0.15) is 0 Å². The van der Waals surface area contributed by atoms with Crippen molar-refractivity contribution in [3.63, 3.8) is 0 Å². The molecule has 0 saturated carbocycles. The summed E-state index contributed by atoms with van der Waals surface area (Å²) in [5.74, 6) is 0.340. The number of carbonyl (C=O) groups excluding carboxylic acids is 1. The van der Waals surface area contributed by atoms with Crippen molar-refractivity contribution in [1.29, 1.82) is 0 Å². The average Bonchev–Trinajstić information content (AvgIpc) is 2.24. The maximum atomic E-state index is 11.8. The molecule has 0 aromatic heterocycles. The van der Waals surface area contributed by atoms with E-state index >= 15 is 0 Å². The van der Waals surface area contributed by atoms with Gasteiger partial charge in [0, 0.05) is 13.1 Å². The predicted molar refractivity (Wildman–Crippen MR) is 71.2 cm³/mol. The zero-order valence-electron chi connectivity index (χ0n) is 9.98. The van der Waals surface area contributed by atoms with Crippen molar-refractivity contribution < 1.29 is 4.79 Å². The van der Waals surface area contributed by atoms with E-state index in [1.165, 1.54) is 5.56 Å². The summed E-state index contributed by atoms with van der Waals surface area (Å²) in [6, 6.07) is 10.3. The largest absolute Gasteiger partial charge is 0.349 e. The molecule has 1 atom stereocenters. The number of hydrogen-bond donors (Lipinski definition) is 2. The highest BCUT2D eigenvalue weighted by Crippen LogP contribution is 2.17. The van der Waals surface area contributed by atoms with E-state index in [9.17, 15) is 4.79 Å². The summed E-state index contributed by atoms with van der Waals surface area (Å²) in [4.78, 5) is 11.8. The lowest BCUT2D eigenvalue weighted by atomic mass is 9.99. The Morgan fingerprint density at radius 3 is 2.53 bits per heavy atom. The molecule has 1 amide bonds. The first kappa shape index (κ1) is 14.0. The topological polar surface area (TPSA) is 41.1 Å². The van der Waals surface area contributed by atoms with Crippen molar-refractivity contribution in [2.24, 2.45) is 5.92 Å². The van der Waals surface area contributed by atoms with Gasteiger partial charge in [-0.2, -0.15) is 0 Å². The molecule has 2 rings (SSSR count). The number of amides is 1. The Kier molecular flexibility index (Phi) is 5.45. The van der Waals surface area contributed by atoms with Crippen molar-refractivity contribution in [1.82, 2.24) is 10.6 Å². The Labute approximate surface area is 108 Å². The molecule has 1 unspecified atom stereocenters. The molecule has 1 aliphatic heterocycles. The molecule has 1 aromatic carbocycles. The third-order valence-corrected chi connectivity index (χ3v) is 3.08. The fourth-order valence-corrected chi connectivity index (χ4v) is 1.87. The van der Waals surface area contributed by atoms with Gasteiger partial charge in [0.05, 0.1) is 12.0 Å². The van der Waals surface area contributed by atoms with Crippen LogP contribution in [0.3, 0.4) is 0 Å². The van der Waals surface area contributed by atoms with Gasteiger partial charge in [0.2, 0.25) is 5.91 Å². The van der Waals surface area contributed by atoms with Crippen LogP contribution in [-0.4, -0.2) is 19.0 Å². The lowest BCUT2D eigenvalue weighted by Gasteiger charge is -2.28. The van der Waals surface area contributed by atoms with Gasteiger partial charge in [-0.3, -0.25) is 4.79 Å². The molecule has 0 radical (unpaired) electrons. The summed E-state index contributed by atoms with van der Waals surface area (Å²) in [7, 11) is 0. The fraction of sp³-hybridized carbons (Fsp3) is 0.462. The Morgan fingerprint density at radius 1 is 1.41 bits per heavy atom. The molecule has 0 bridgehead atoms. The van der Waals surface area contributed by atoms with Crippen LogP contribution in [0.4, 0.5) is 0 Å². The normalized spacial score (nSPS) is 16.5. The van der Waals surface area contributed by atoms with Gasteiger partial charge >= 0.3 is 0 Å². The van der Waals surface area contributed by atoms with Gasteiger partial charge in [-0.15, -0.1) is 12.4 Å². The molecule has 1 saturated heterocycles. The second-order valence-electron chi connectivity index (χ2n) is 4.24. The van der Waals surface area contributed by atoms with Gasteiger partial charge in [0.15, 0.2) is 0 Å². The van der Waals surface area contributed by atoms with E-state index in [1.54, 1.807) is 0 Å². The van der Waals surface area contributed by atoms with E-state index in [2.05, 4.69) is 29.7 Å². The van der Waals surface area contributed by atoms with E-state index in [1.807, 2.05) is 18.2 Å².